The van der Waals surface area contributed by atoms with Crippen molar-refractivity contribution >= 4 is 65.4 Å². The molecule has 0 radical (unpaired) electrons. The number of aromatic nitrogens is 3. The average Bonchev–Trinajstić information content (AvgIpc) is 2.91. The third kappa shape index (κ3) is 2.43. The molecule has 0 aliphatic carbocycles. The molecule has 0 amide bonds. The van der Waals surface area contributed by atoms with E-state index in [0.29, 0.717) is 54.7 Å². The number of nitrogens with zero attached hydrogens (tertiary/aromatic N) is 3. The van der Waals surface area contributed by atoms with Crippen LogP contribution in [0, 0.1) is 0 Å². The van der Waals surface area contributed by atoms with Gasteiger partial charge in [0.1, 0.15) is 5.75 Å². The SMILES string of the molecule is COc1c2ccccc2n(C)c2c1c1nc3ccccc3c(=O)c1c1c2c(=O)c2ccccc2n1C. The zero-order valence-electron chi connectivity index (χ0n) is 20.0. The fourth-order valence-electron chi connectivity index (χ4n) is 5.80. The highest BCUT2D eigenvalue weighted by Crippen LogP contribution is 2.42. The molecule has 3 aromatic heterocycles. The molecule has 174 valence electrons. The van der Waals surface area contributed by atoms with Gasteiger partial charge in [0, 0.05) is 30.3 Å². The molecule has 0 spiro atoms. The summed E-state index contributed by atoms with van der Waals surface area (Å²) in [6.45, 7) is 0. The molecule has 0 aliphatic heterocycles. The number of fused-ring (bicyclic) bond motifs is 9. The zero-order chi connectivity index (χ0) is 24.7. The van der Waals surface area contributed by atoms with Crippen molar-refractivity contribution in [2.75, 3.05) is 7.11 Å². The summed E-state index contributed by atoms with van der Waals surface area (Å²) < 4.78 is 9.97. The highest BCUT2D eigenvalue weighted by atomic mass is 16.5. The van der Waals surface area contributed by atoms with Crippen LogP contribution in [0.4, 0.5) is 0 Å². The quantitative estimate of drug-likeness (QED) is 0.237. The number of benzene rings is 4. The predicted octanol–water partition coefficient (Wildman–Crippen LogP) is 5.41. The highest BCUT2D eigenvalue weighted by molar-refractivity contribution is 6.28. The monoisotopic (exact) mass is 471 g/mol. The predicted molar refractivity (Wildman–Crippen MR) is 146 cm³/mol. The summed E-state index contributed by atoms with van der Waals surface area (Å²) in [6, 6.07) is 22.8. The maximum atomic E-state index is 14.2. The molecule has 0 fully saturated rings. The molecular weight excluding hydrogens is 450 g/mol. The van der Waals surface area contributed by atoms with Crippen molar-refractivity contribution in [3.05, 3.63) is 93.2 Å². The maximum absolute atomic E-state index is 14.2. The summed E-state index contributed by atoms with van der Waals surface area (Å²) in [4.78, 5) is 33.3. The molecule has 4 aromatic carbocycles. The van der Waals surface area contributed by atoms with Crippen molar-refractivity contribution in [3.63, 3.8) is 0 Å². The topological polar surface area (TPSA) is 66.1 Å². The lowest BCUT2D eigenvalue weighted by Gasteiger charge is -2.21. The van der Waals surface area contributed by atoms with Gasteiger partial charge in [-0.1, -0.05) is 36.4 Å². The minimum absolute atomic E-state index is 0.119. The number of hydrogen-bond donors (Lipinski definition) is 0. The Morgan fingerprint density at radius 2 is 1.17 bits per heavy atom. The number of rotatable bonds is 1. The Morgan fingerprint density at radius 1 is 0.639 bits per heavy atom. The van der Waals surface area contributed by atoms with Crippen LogP contribution in [-0.4, -0.2) is 21.2 Å². The van der Waals surface area contributed by atoms with E-state index in [-0.39, 0.29) is 10.9 Å². The number of methoxy groups -OCH3 is 1. The Kier molecular flexibility index (Phi) is 4.10. The van der Waals surface area contributed by atoms with Gasteiger partial charge in [-0.2, -0.15) is 0 Å². The van der Waals surface area contributed by atoms with Gasteiger partial charge in [-0.05, 0) is 36.4 Å². The van der Waals surface area contributed by atoms with Gasteiger partial charge >= 0.3 is 0 Å². The second-order valence-electron chi connectivity index (χ2n) is 9.14. The molecule has 3 heterocycles. The summed E-state index contributed by atoms with van der Waals surface area (Å²) in [6.07, 6.45) is 0. The van der Waals surface area contributed by atoms with Gasteiger partial charge in [0.25, 0.3) is 0 Å². The first-order chi connectivity index (χ1) is 17.5. The smallest absolute Gasteiger partial charge is 0.199 e. The van der Waals surface area contributed by atoms with Crippen molar-refractivity contribution in [3.8, 4) is 5.75 Å². The van der Waals surface area contributed by atoms with E-state index in [1.54, 1.807) is 13.2 Å². The Labute approximate surface area is 204 Å². The van der Waals surface area contributed by atoms with Gasteiger partial charge in [0.05, 0.1) is 56.4 Å². The summed E-state index contributed by atoms with van der Waals surface area (Å²) >= 11 is 0. The Bertz CT molecular complexity index is 2210. The lowest BCUT2D eigenvalue weighted by molar-refractivity contribution is 0.424. The first-order valence-corrected chi connectivity index (χ1v) is 11.7. The van der Waals surface area contributed by atoms with E-state index in [4.69, 9.17) is 9.72 Å². The van der Waals surface area contributed by atoms with Crippen LogP contribution < -0.4 is 15.6 Å². The second-order valence-corrected chi connectivity index (χ2v) is 9.14. The first kappa shape index (κ1) is 20.6. The van der Waals surface area contributed by atoms with Gasteiger partial charge in [-0.3, -0.25) is 9.59 Å². The molecular formula is C30H21N3O3. The zero-order valence-corrected chi connectivity index (χ0v) is 20.0. The van der Waals surface area contributed by atoms with Crippen LogP contribution in [0.25, 0.3) is 65.4 Å². The van der Waals surface area contributed by atoms with Gasteiger partial charge in [-0.15, -0.1) is 0 Å². The van der Waals surface area contributed by atoms with Gasteiger partial charge in [0.2, 0.25) is 0 Å². The molecule has 0 aliphatic rings. The van der Waals surface area contributed by atoms with Crippen LogP contribution in [0.1, 0.15) is 0 Å². The second kappa shape index (κ2) is 7.15. The molecule has 0 unspecified atom stereocenters. The summed E-state index contributed by atoms with van der Waals surface area (Å²) in [5.41, 5.74) is 3.83. The molecule has 0 saturated carbocycles. The minimum Gasteiger partial charge on any atom is -0.495 e. The van der Waals surface area contributed by atoms with Gasteiger partial charge in [0.15, 0.2) is 10.9 Å². The van der Waals surface area contributed by atoms with Crippen molar-refractivity contribution in [2.24, 2.45) is 14.1 Å². The van der Waals surface area contributed by atoms with E-state index in [2.05, 4.69) is 0 Å². The van der Waals surface area contributed by atoms with E-state index in [9.17, 15) is 9.59 Å². The largest absolute Gasteiger partial charge is 0.495 e. The molecule has 7 rings (SSSR count). The fourth-order valence-corrected chi connectivity index (χ4v) is 5.80. The molecule has 0 N–H and O–H groups in total. The van der Waals surface area contributed by atoms with Crippen molar-refractivity contribution < 1.29 is 4.74 Å². The normalized spacial score (nSPS) is 12.0. The molecule has 0 atom stereocenters. The van der Waals surface area contributed by atoms with Crippen molar-refractivity contribution in [1.82, 2.24) is 14.1 Å². The number of ether oxygens (including phenoxy) is 1. The highest BCUT2D eigenvalue weighted by Gasteiger charge is 2.25. The van der Waals surface area contributed by atoms with Crippen molar-refractivity contribution in [1.29, 1.82) is 0 Å². The number of para-hydroxylation sites is 3. The van der Waals surface area contributed by atoms with Crippen LogP contribution >= 0.6 is 0 Å². The van der Waals surface area contributed by atoms with E-state index in [1.807, 2.05) is 90.0 Å². The number of pyridine rings is 3. The summed E-state index contributed by atoms with van der Waals surface area (Å²) in [5.74, 6) is 0.600. The molecule has 0 bridgehead atoms. The van der Waals surface area contributed by atoms with Crippen LogP contribution in [-0.2, 0) is 14.1 Å². The third-order valence-electron chi connectivity index (χ3n) is 7.38. The molecule has 36 heavy (non-hydrogen) atoms. The number of hydrogen-bond acceptors (Lipinski definition) is 4. The van der Waals surface area contributed by atoms with E-state index < -0.39 is 0 Å². The lowest BCUT2D eigenvalue weighted by atomic mass is 9.97. The van der Waals surface area contributed by atoms with Crippen LogP contribution in [0.2, 0.25) is 0 Å². The fraction of sp³-hybridized carbons (Fsp3) is 0.100. The van der Waals surface area contributed by atoms with E-state index >= 15 is 0 Å². The van der Waals surface area contributed by atoms with Gasteiger partial charge < -0.3 is 13.9 Å². The Hall–Kier alpha value is -4.71. The van der Waals surface area contributed by atoms with Crippen LogP contribution in [0.15, 0.2) is 82.4 Å². The van der Waals surface area contributed by atoms with E-state index in [1.165, 1.54) is 0 Å². The molecule has 6 heteroatoms. The minimum atomic E-state index is -0.148. The Balaban J connectivity index is 2.00. The summed E-state index contributed by atoms with van der Waals surface area (Å²) in [7, 11) is 5.47. The Morgan fingerprint density at radius 3 is 1.86 bits per heavy atom. The standard InChI is InChI=1S/C30H21N3O3/c1-32-20-14-8-5-11-17(20)29(35)24-26(32)22-25(31-19-13-7-4-10-16(19)28(22)34)23-27(24)33(2)21-15-9-6-12-18(21)30(23)36-3/h4-15H,1-3H3. The average molecular weight is 472 g/mol. The van der Waals surface area contributed by atoms with Crippen molar-refractivity contribution in [2.45, 2.75) is 0 Å². The van der Waals surface area contributed by atoms with Gasteiger partial charge in [-0.25, -0.2) is 4.98 Å². The van der Waals surface area contributed by atoms with Crippen LogP contribution in [0.3, 0.4) is 0 Å². The third-order valence-corrected chi connectivity index (χ3v) is 7.38. The van der Waals surface area contributed by atoms with E-state index in [0.717, 1.165) is 16.4 Å². The molecule has 6 nitrogen and oxygen atoms in total. The summed E-state index contributed by atoms with van der Waals surface area (Å²) in [5, 5.41) is 3.58. The van der Waals surface area contributed by atoms with Crippen LogP contribution in [0.5, 0.6) is 5.75 Å². The number of aryl methyl sites for hydroxylation is 2. The maximum Gasteiger partial charge on any atom is 0.199 e. The molecule has 7 aromatic rings. The molecule has 0 saturated heterocycles. The first-order valence-electron chi connectivity index (χ1n) is 11.7. The lowest BCUT2D eigenvalue weighted by Crippen LogP contribution is -2.16.